The lowest BCUT2D eigenvalue weighted by Gasteiger charge is -2.12. The molecule has 0 heterocycles. The van der Waals surface area contributed by atoms with Gasteiger partial charge in [0.25, 0.3) is 0 Å². The van der Waals surface area contributed by atoms with E-state index in [2.05, 4.69) is 34.7 Å². The summed E-state index contributed by atoms with van der Waals surface area (Å²) in [5.41, 5.74) is 1.16. The van der Waals surface area contributed by atoms with Crippen molar-refractivity contribution >= 4 is 5.96 Å². The number of rotatable bonds is 9. The fraction of sp³-hybridized carbons (Fsp3) is 0.588. The Hall–Kier alpha value is -1.75. The summed E-state index contributed by atoms with van der Waals surface area (Å²) in [7, 11) is 1.71. The molecule has 0 aliphatic carbocycles. The molecule has 0 saturated carbocycles. The van der Waals surface area contributed by atoms with Crippen LogP contribution in [0.15, 0.2) is 29.3 Å². The number of benzene rings is 1. The Balaban J connectivity index is 2.50. The molecule has 5 heteroatoms. The molecule has 0 unspecified atom stereocenters. The van der Waals surface area contributed by atoms with Gasteiger partial charge in [-0.25, -0.2) is 4.99 Å². The normalized spacial score (nSPS) is 11.6. The van der Waals surface area contributed by atoms with Gasteiger partial charge in [0.15, 0.2) is 5.96 Å². The van der Waals surface area contributed by atoms with E-state index in [1.54, 1.807) is 7.11 Å². The SMILES string of the molecule is CCNC(=NCc1ccc(OC(C)C)cc1)NCCCOC. The third-order valence-corrected chi connectivity index (χ3v) is 2.88. The standard InChI is InChI=1S/C17H29N3O2/c1-5-18-17(19-11-6-12-21-4)20-13-15-7-9-16(10-8-15)22-14(2)3/h7-10,14H,5-6,11-13H2,1-4H3,(H2,18,19,20). The summed E-state index contributed by atoms with van der Waals surface area (Å²) in [6.45, 7) is 9.19. The van der Waals surface area contributed by atoms with Crippen molar-refractivity contribution in [3.63, 3.8) is 0 Å². The van der Waals surface area contributed by atoms with Crippen LogP contribution >= 0.6 is 0 Å². The molecule has 124 valence electrons. The van der Waals surface area contributed by atoms with Crippen LogP contribution in [-0.4, -0.2) is 38.9 Å². The molecule has 0 aliphatic heterocycles. The number of ether oxygens (including phenoxy) is 2. The fourth-order valence-electron chi connectivity index (χ4n) is 1.88. The first kappa shape index (κ1) is 18.3. The topological polar surface area (TPSA) is 54.9 Å². The van der Waals surface area contributed by atoms with E-state index in [1.807, 2.05) is 26.0 Å². The predicted molar refractivity (Wildman–Crippen MR) is 91.5 cm³/mol. The third-order valence-electron chi connectivity index (χ3n) is 2.88. The number of methoxy groups -OCH3 is 1. The number of nitrogens with zero attached hydrogens (tertiary/aromatic N) is 1. The maximum absolute atomic E-state index is 5.64. The summed E-state index contributed by atoms with van der Waals surface area (Å²) in [6, 6.07) is 8.08. The van der Waals surface area contributed by atoms with Crippen LogP contribution in [0.25, 0.3) is 0 Å². The van der Waals surface area contributed by atoms with Gasteiger partial charge in [-0.15, -0.1) is 0 Å². The number of guanidine groups is 1. The van der Waals surface area contributed by atoms with E-state index in [0.717, 1.165) is 43.4 Å². The van der Waals surface area contributed by atoms with Crippen LogP contribution in [0, 0.1) is 0 Å². The summed E-state index contributed by atoms with van der Waals surface area (Å²) in [6.07, 6.45) is 1.16. The molecule has 0 aromatic heterocycles. The van der Waals surface area contributed by atoms with Gasteiger partial charge in [-0.3, -0.25) is 0 Å². The van der Waals surface area contributed by atoms with Crippen LogP contribution in [0.2, 0.25) is 0 Å². The Morgan fingerprint density at radius 2 is 1.91 bits per heavy atom. The maximum Gasteiger partial charge on any atom is 0.191 e. The van der Waals surface area contributed by atoms with Crippen LogP contribution in [-0.2, 0) is 11.3 Å². The van der Waals surface area contributed by atoms with Gasteiger partial charge >= 0.3 is 0 Å². The second-order valence-electron chi connectivity index (χ2n) is 5.28. The minimum absolute atomic E-state index is 0.195. The first-order valence-electron chi connectivity index (χ1n) is 7.92. The monoisotopic (exact) mass is 307 g/mol. The average Bonchev–Trinajstić information content (AvgIpc) is 2.50. The molecule has 5 nitrogen and oxygen atoms in total. The molecular weight excluding hydrogens is 278 g/mol. The number of nitrogens with one attached hydrogen (secondary N) is 2. The number of aliphatic imine (C=N–C) groups is 1. The molecule has 1 rings (SSSR count). The zero-order valence-electron chi connectivity index (χ0n) is 14.2. The van der Waals surface area contributed by atoms with Crippen LogP contribution < -0.4 is 15.4 Å². The summed E-state index contributed by atoms with van der Waals surface area (Å²) >= 11 is 0. The molecule has 1 aromatic rings. The Morgan fingerprint density at radius 3 is 2.50 bits per heavy atom. The van der Waals surface area contributed by atoms with Crippen LogP contribution in [0.4, 0.5) is 0 Å². The summed E-state index contributed by atoms with van der Waals surface area (Å²) in [5.74, 6) is 1.73. The largest absolute Gasteiger partial charge is 0.491 e. The zero-order chi connectivity index (χ0) is 16.2. The Bertz CT molecular complexity index is 430. The van der Waals surface area contributed by atoms with E-state index in [4.69, 9.17) is 9.47 Å². The Kier molecular flexibility index (Phi) is 9.07. The van der Waals surface area contributed by atoms with E-state index in [9.17, 15) is 0 Å². The lowest BCUT2D eigenvalue weighted by Crippen LogP contribution is -2.38. The van der Waals surface area contributed by atoms with E-state index >= 15 is 0 Å². The fourth-order valence-corrected chi connectivity index (χ4v) is 1.88. The quantitative estimate of drug-likeness (QED) is 0.418. The van der Waals surface area contributed by atoms with Crippen LogP contribution in [0.3, 0.4) is 0 Å². The maximum atomic E-state index is 5.64. The van der Waals surface area contributed by atoms with Crippen molar-refractivity contribution in [3.8, 4) is 5.75 Å². The lowest BCUT2D eigenvalue weighted by molar-refractivity contribution is 0.195. The first-order valence-corrected chi connectivity index (χ1v) is 7.92. The first-order chi connectivity index (χ1) is 10.7. The highest BCUT2D eigenvalue weighted by atomic mass is 16.5. The minimum Gasteiger partial charge on any atom is -0.491 e. The van der Waals surface area contributed by atoms with Crippen LogP contribution in [0.1, 0.15) is 32.8 Å². The van der Waals surface area contributed by atoms with Crippen molar-refractivity contribution < 1.29 is 9.47 Å². The van der Waals surface area contributed by atoms with Crippen molar-refractivity contribution in [2.75, 3.05) is 26.8 Å². The molecule has 0 spiro atoms. The van der Waals surface area contributed by atoms with Crippen molar-refractivity contribution in [1.82, 2.24) is 10.6 Å². The van der Waals surface area contributed by atoms with Gasteiger partial charge in [-0.2, -0.15) is 0 Å². The van der Waals surface area contributed by atoms with Gasteiger partial charge in [0, 0.05) is 26.8 Å². The predicted octanol–water partition coefficient (Wildman–Crippen LogP) is 2.57. The molecular formula is C17H29N3O2. The number of hydrogen-bond donors (Lipinski definition) is 2. The Morgan fingerprint density at radius 1 is 1.18 bits per heavy atom. The van der Waals surface area contributed by atoms with E-state index < -0.39 is 0 Å². The molecule has 0 bridgehead atoms. The van der Waals surface area contributed by atoms with E-state index in [0.29, 0.717) is 6.54 Å². The average molecular weight is 307 g/mol. The van der Waals surface area contributed by atoms with Gasteiger partial charge in [0.2, 0.25) is 0 Å². The summed E-state index contributed by atoms with van der Waals surface area (Å²) < 4.78 is 10.7. The van der Waals surface area contributed by atoms with Crippen molar-refractivity contribution in [1.29, 1.82) is 0 Å². The van der Waals surface area contributed by atoms with E-state index in [-0.39, 0.29) is 6.10 Å². The second kappa shape index (κ2) is 10.9. The highest BCUT2D eigenvalue weighted by molar-refractivity contribution is 5.79. The number of hydrogen-bond acceptors (Lipinski definition) is 3. The molecule has 2 N–H and O–H groups in total. The highest BCUT2D eigenvalue weighted by Gasteiger charge is 1.99. The molecule has 1 aromatic carbocycles. The summed E-state index contributed by atoms with van der Waals surface area (Å²) in [5, 5.41) is 6.54. The van der Waals surface area contributed by atoms with Gasteiger partial charge in [0.05, 0.1) is 12.6 Å². The molecule has 0 amide bonds. The van der Waals surface area contributed by atoms with Crippen molar-refractivity contribution in [2.45, 2.75) is 39.8 Å². The highest BCUT2D eigenvalue weighted by Crippen LogP contribution is 2.14. The van der Waals surface area contributed by atoms with Gasteiger partial charge in [-0.1, -0.05) is 12.1 Å². The molecule has 0 radical (unpaired) electrons. The molecule has 0 aliphatic rings. The van der Waals surface area contributed by atoms with E-state index in [1.165, 1.54) is 0 Å². The van der Waals surface area contributed by atoms with Gasteiger partial charge < -0.3 is 20.1 Å². The molecule has 0 saturated heterocycles. The van der Waals surface area contributed by atoms with Crippen molar-refractivity contribution in [2.24, 2.45) is 4.99 Å². The van der Waals surface area contributed by atoms with Gasteiger partial charge in [-0.05, 0) is 44.9 Å². The Labute approximate surface area is 134 Å². The van der Waals surface area contributed by atoms with Crippen molar-refractivity contribution in [3.05, 3.63) is 29.8 Å². The van der Waals surface area contributed by atoms with Crippen LogP contribution in [0.5, 0.6) is 5.75 Å². The summed E-state index contributed by atoms with van der Waals surface area (Å²) in [4.78, 5) is 4.58. The second-order valence-corrected chi connectivity index (χ2v) is 5.28. The lowest BCUT2D eigenvalue weighted by atomic mass is 10.2. The molecule has 0 atom stereocenters. The third kappa shape index (κ3) is 7.88. The van der Waals surface area contributed by atoms with Gasteiger partial charge in [0.1, 0.15) is 5.75 Å². The smallest absolute Gasteiger partial charge is 0.191 e. The zero-order valence-corrected chi connectivity index (χ0v) is 14.2. The minimum atomic E-state index is 0.195. The molecule has 22 heavy (non-hydrogen) atoms. The molecule has 0 fully saturated rings.